The molecule has 0 aliphatic heterocycles. The van der Waals surface area contributed by atoms with Crippen LogP contribution in [0.4, 0.5) is 4.39 Å². The van der Waals surface area contributed by atoms with Gasteiger partial charge >= 0.3 is 0 Å². The zero-order chi connectivity index (χ0) is 15.1. The summed E-state index contributed by atoms with van der Waals surface area (Å²) < 4.78 is 24.1. The highest BCUT2D eigenvalue weighted by atomic mass is 19.1. The van der Waals surface area contributed by atoms with Crippen LogP contribution in [0, 0.1) is 5.82 Å². The average molecular weight is 289 g/mol. The maximum Gasteiger partial charge on any atom is 0.153 e. The summed E-state index contributed by atoms with van der Waals surface area (Å²) >= 11 is 0. The fraction of sp³-hybridized carbons (Fsp3) is 0.250. The number of nitrogens with zero attached hydrogens (tertiary/aromatic N) is 1. The number of ether oxygens (including phenoxy) is 2. The number of rotatable bonds is 7. The van der Waals surface area contributed by atoms with E-state index in [1.165, 1.54) is 12.3 Å². The van der Waals surface area contributed by atoms with E-state index in [2.05, 4.69) is 4.98 Å². The van der Waals surface area contributed by atoms with Crippen LogP contribution in [0.5, 0.6) is 11.5 Å². The zero-order valence-corrected chi connectivity index (χ0v) is 11.7. The number of hydrogen-bond acceptors (Lipinski definition) is 4. The molecule has 21 heavy (non-hydrogen) atoms. The molecule has 110 valence electrons. The Bertz CT molecular complexity index is 616. The van der Waals surface area contributed by atoms with Gasteiger partial charge in [0.05, 0.1) is 18.4 Å². The van der Waals surface area contributed by atoms with Crippen LogP contribution in [-0.2, 0) is 6.61 Å². The zero-order valence-electron chi connectivity index (χ0n) is 11.7. The molecule has 5 heteroatoms. The van der Waals surface area contributed by atoms with Crippen molar-refractivity contribution in [1.82, 2.24) is 4.98 Å². The van der Waals surface area contributed by atoms with Gasteiger partial charge in [-0.2, -0.15) is 0 Å². The lowest BCUT2D eigenvalue weighted by Gasteiger charge is -2.11. The van der Waals surface area contributed by atoms with Gasteiger partial charge in [0, 0.05) is 17.8 Å². The van der Waals surface area contributed by atoms with Gasteiger partial charge in [-0.25, -0.2) is 4.39 Å². The molecular weight excluding hydrogens is 273 g/mol. The Morgan fingerprint density at radius 2 is 2.10 bits per heavy atom. The number of hydrogen-bond donors (Lipinski definition) is 0. The minimum Gasteiger partial charge on any atom is -0.493 e. The molecule has 0 unspecified atom stereocenters. The molecule has 0 N–H and O–H groups in total. The number of aldehydes is 1. The van der Waals surface area contributed by atoms with Crippen LogP contribution in [0.25, 0.3) is 0 Å². The first-order valence-corrected chi connectivity index (χ1v) is 6.67. The topological polar surface area (TPSA) is 48.4 Å². The predicted molar refractivity (Wildman–Crippen MR) is 76.1 cm³/mol. The van der Waals surface area contributed by atoms with Gasteiger partial charge in [0.1, 0.15) is 23.9 Å². The summed E-state index contributed by atoms with van der Waals surface area (Å²) in [5.41, 5.74) is 1.01. The van der Waals surface area contributed by atoms with Crippen molar-refractivity contribution < 1.29 is 18.7 Å². The Labute approximate surface area is 122 Å². The lowest BCUT2D eigenvalue weighted by molar-refractivity contribution is 0.111. The quantitative estimate of drug-likeness (QED) is 0.733. The standard InChI is InChI=1S/C16H16FNO3/c1-2-5-20-15-4-3-13(10-19)16(7-15)21-11-12-6-14(17)9-18-8-12/h3-4,6-10H,2,5,11H2,1H3. The molecule has 2 aromatic rings. The summed E-state index contributed by atoms with van der Waals surface area (Å²) in [4.78, 5) is 14.8. The number of halogens is 1. The largest absolute Gasteiger partial charge is 0.493 e. The van der Waals surface area contributed by atoms with Crippen molar-refractivity contribution in [1.29, 1.82) is 0 Å². The summed E-state index contributed by atoms with van der Waals surface area (Å²) in [7, 11) is 0. The van der Waals surface area contributed by atoms with Gasteiger partial charge in [0.15, 0.2) is 6.29 Å². The third-order valence-corrected chi connectivity index (χ3v) is 2.74. The smallest absolute Gasteiger partial charge is 0.153 e. The third-order valence-electron chi connectivity index (χ3n) is 2.74. The van der Waals surface area contributed by atoms with Crippen LogP contribution in [0.1, 0.15) is 29.3 Å². The van der Waals surface area contributed by atoms with E-state index in [9.17, 15) is 9.18 Å². The van der Waals surface area contributed by atoms with Gasteiger partial charge in [0.2, 0.25) is 0 Å². The summed E-state index contributed by atoms with van der Waals surface area (Å²) in [6.45, 7) is 2.73. The van der Waals surface area contributed by atoms with Gasteiger partial charge < -0.3 is 9.47 Å². The van der Waals surface area contributed by atoms with E-state index in [0.29, 0.717) is 35.5 Å². The van der Waals surface area contributed by atoms with Crippen LogP contribution in [-0.4, -0.2) is 17.9 Å². The number of benzene rings is 1. The van der Waals surface area contributed by atoms with E-state index in [1.807, 2.05) is 6.92 Å². The minimum atomic E-state index is -0.424. The number of aromatic nitrogens is 1. The van der Waals surface area contributed by atoms with Gasteiger partial charge in [-0.1, -0.05) is 6.92 Å². The van der Waals surface area contributed by atoms with E-state index in [0.717, 1.165) is 12.6 Å². The maximum atomic E-state index is 13.0. The molecule has 0 radical (unpaired) electrons. The molecule has 0 saturated carbocycles. The molecule has 2 rings (SSSR count). The first kappa shape index (κ1) is 15.0. The van der Waals surface area contributed by atoms with Crippen LogP contribution in [0.15, 0.2) is 36.7 Å². The van der Waals surface area contributed by atoms with Gasteiger partial charge in [-0.15, -0.1) is 0 Å². The second-order valence-corrected chi connectivity index (χ2v) is 4.47. The van der Waals surface area contributed by atoms with Gasteiger partial charge in [-0.3, -0.25) is 9.78 Å². The molecule has 0 fully saturated rings. The SMILES string of the molecule is CCCOc1ccc(C=O)c(OCc2cncc(F)c2)c1. The highest BCUT2D eigenvalue weighted by Crippen LogP contribution is 2.25. The highest BCUT2D eigenvalue weighted by molar-refractivity contribution is 5.79. The summed E-state index contributed by atoms with van der Waals surface area (Å²) in [6.07, 6.45) is 4.24. The van der Waals surface area contributed by atoms with Gasteiger partial charge in [-0.05, 0) is 24.6 Å². The minimum absolute atomic E-state index is 0.128. The summed E-state index contributed by atoms with van der Waals surface area (Å²) in [5, 5.41) is 0. The lowest BCUT2D eigenvalue weighted by atomic mass is 10.2. The Balaban J connectivity index is 2.11. The number of carbonyl (C=O) groups excluding carboxylic acids is 1. The molecular formula is C16H16FNO3. The van der Waals surface area contributed by atoms with E-state index in [1.54, 1.807) is 18.2 Å². The van der Waals surface area contributed by atoms with Gasteiger partial charge in [0.25, 0.3) is 0 Å². The van der Waals surface area contributed by atoms with Crippen LogP contribution in [0.3, 0.4) is 0 Å². The van der Waals surface area contributed by atoms with Crippen molar-refractivity contribution in [2.45, 2.75) is 20.0 Å². The molecule has 0 bridgehead atoms. The molecule has 0 amide bonds. The van der Waals surface area contributed by atoms with E-state index in [4.69, 9.17) is 9.47 Å². The molecule has 1 heterocycles. The van der Waals surface area contributed by atoms with Crippen LogP contribution < -0.4 is 9.47 Å². The number of carbonyl (C=O) groups is 1. The first-order chi connectivity index (χ1) is 10.2. The molecule has 1 aromatic heterocycles. The van der Waals surface area contributed by atoms with Crippen molar-refractivity contribution in [3.8, 4) is 11.5 Å². The molecule has 4 nitrogen and oxygen atoms in total. The average Bonchev–Trinajstić information content (AvgIpc) is 2.51. The van der Waals surface area contributed by atoms with Crippen molar-refractivity contribution in [3.05, 3.63) is 53.6 Å². The Morgan fingerprint density at radius 3 is 2.81 bits per heavy atom. The van der Waals surface area contributed by atoms with E-state index >= 15 is 0 Å². The second-order valence-electron chi connectivity index (χ2n) is 4.47. The molecule has 0 aliphatic carbocycles. The predicted octanol–water partition coefficient (Wildman–Crippen LogP) is 3.40. The van der Waals surface area contributed by atoms with E-state index in [-0.39, 0.29) is 6.61 Å². The van der Waals surface area contributed by atoms with Crippen molar-refractivity contribution >= 4 is 6.29 Å². The highest BCUT2D eigenvalue weighted by Gasteiger charge is 2.06. The molecule has 0 spiro atoms. The first-order valence-electron chi connectivity index (χ1n) is 6.67. The normalized spacial score (nSPS) is 10.2. The van der Waals surface area contributed by atoms with Crippen molar-refractivity contribution in [3.63, 3.8) is 0 Å². The molecule has 1 aromatic carbocycles. The van der Waals surface area contributed by atoms with Crippen molar-refractivity contribution in [2.24, 2.45) is 0 Å². The van der Waals surface area contributed by atoms with Crippen LogP contribution >= 0.6 is 0 Å². The monoisotopic (exact) mass is 289 g/mol. The summed E-state index contributed by atoms with van der Waals surface area (Å²) in [6, 6.07) is 6.35. The molecule has 0 aliphatic rings. The second kappa shape index (κ2) is 7.38. The fourth-order valence-electron chi connectivity index (χ4n) is 1.74. The molecule has 0 atom stereocenters. The van der Waals surface area contributed by atoms with Crippen molar-refractivity contribution in [2.75, 3.05) is 6.61 Å². The lowest BCUT2D eigenvalue weighted by Crippen LogP contribution is -2.01. The Kier molecular flexibility index (Phi) is 5.26. The summed E-state index contributed by atoms with van der Waals surface area (Å²) in [5.74, 6) is 0.615. The fourth-order valence-corrected chi connectivity index (χ4v) is 1.74. The van der Waals surface area contributed by atoms with Crippen LogP contribution in [0.2, 0.25) is 0 Å². The Hall–Kier alpha value is -2.43. The maximum absolute atomic E-state index is 13.0. The molecule has 0 saturated heterocycles. The number of pyridine rings is 1. The third kappa shape index (κ3) is 4.27. The Morgan fingerprint density at radius 1 is 1.24 bits per heavy atom. The van der Waals surface area contributed by atoms with E-state index < -0.39 is 5.82 Å².